The van der Waals surface area contributed by atoms with Crippen LogP contribution in [-0.4, -0.2) is 47.3 Å². The number of para-hydroxylation sites is 1. The number of carbonyl (C=O) groups excluding carboxylic acids is 1. The molecule has 13 nitrogen and oxygen atoms in total. The molecule has 4 aromatic heterocycles. The maximum absolute atomic E-state index is 13.8. The molecule has 1 atom stereocenters. The summed E-state index contributed by atoms with van der Waals surface area (Å²) in [5, 5.41) is 20.6. The molecule has 226 valence electrons. The minimum atomic E-state index is -0.544. The summed E-state index contributed by atoms with van der Waals surface area (Å²) in [5.41, 5.74) is 9.65. The Bertz CT molecular complexity index is 2090. The van der Waals surface area contributed by atoms with Crippen LogP contribution >= 0.6 is 0 Å². The summed E-state index contributed by atoms with van der Waals surface area (Å²) < 4.78 is 8.55. The fourth-order valence-electron chi connectivity index (χ4n) is 5.05. The Kier molecular flexibility index (Phi) is 7.57. The first-order valence-electron chi connectivity index (χ1n) is 13.9. The van der Waals surface area contributed by atoms with Crippen LogP contribution in [0.2, 0.25) is 0 Å². The summed E-state index contributed by atoms with van der Waals surface area (Å²) in [6.45, 7) is 3.73. The Labute approximate surface area is 257 Å². The van der Waals surface area contributed by atoms with Crippen molar-refractivity contribution in [1.29, 1.82) is 0 Å². The molecule has 0 aliphatic carbocycles. The Morgan fingerprint density at radius 3 is 2.53 bits per heavy atom. The number of nitrogens with one attached hydrogen (secondary N) is 2. The number of nitrogens with two attached hydrogens (primary N) is 1. The summed E-state index contributed by atoms with van der Waals surface area (Å²) in [5.74, 6) is 0.739. The molecular formula is C32H29N9O4. The van der Waals surface area contributed by atoms with Gasteiger partial charge in [-0.15, -0.1) is 0 Å². The number of benzene rings is 2. The van der Waals surface area contributed by atoms with Crippen molar-refractivity contribution >= 4 is 28.7 Å². The van der Waals surface area contributed by atoms with Gasteiger partial charge < -0.3 is 26.2 Å². The number of aromatic hydroxyl groups is 1. The zero-order valence-corrected chi connectivity index (χ0v) is 24.6. The normalized spacial score (nSPS) is 11.7. The van der Waals surface area contributed by atoms with Crippen molar-refractivity contribution in [1.82, 2.24) is 29.1 Å². The molecule has 4 heterocycles. The van der Waals surface area contributed by atoms with E-state index in [9.17, 15) is 14.7 Å². The predicted molar refractivity (Wildman–Crippen MR) is 170 cm³/mol. The molecule has 1 amide bonds. The molecule has 45 heavy (non-hydrogen) atoms. The molecule has 0 bridgehead atoms. The number of amides is 1. The summed E-state index contributed by atoms with van der Waals surface area (Å²) in [4.78, 5) is 39.8. The number of hydrogen-bond acceptors (Lipinski definition) is 10. The van der Waals surface area contributed by atoms with Gasteiger partial charge in [0.15, 0.2) is 5.82 Å². The first kappa shape index (κ1) is 28.9. The molecule has 6 rings (SSSR count). The third kappa shape index (κ3) is 5.49. The van der Waals surface area contributed by atoms with Gasteiger partial charge in [0.05, 0.1) is 24.4 Å². The minimum absolute atomic E-state index is 0.0426. The smallest absolute Gasteiger partial charge is 0.282 e. The highest BCUT2D eigenvalue weighted by molar-refractivity contribution is 6.05. The first-order valence-corrected chi connectivity index (χ1v) is 13.9. The van der Waals surface area contributed by atoms with Crippen molar-refractivity contribution in [2.75, 3.05) is 23.5 Å². The highest BCUT2D eigenvalue weighted by Crippen LogP contribution is 2.36. The van der Waals surface area contributed by atoms with Gasteiger partial charge in [0.25, 0.3) is 11.5 Å². The quantitative estimate of drug-likeness (QED) is 0.196. The molecule has 5 N–H and O–H groups in total. The fraction of sp³-hybridized carbons (Fsp3) is 0.125. The number of ether oxygens (including phenoxy) is 1. The molecule has 0 aliphatic heterocycles. The van der Waals surface area contributed by atoms with Gasteiger partial charge in [0, 0.05) is 23.5 Å². The maximum Gasteiger partial charge on any atom is 0.282 e. The van der Waals surface area contributed by atoms with Gasteiger partial charge in [-0.25, -0.2) is 19.5 Å². The van der Waals surface area contributed by atoms with Crippen molar-refractivity contribution in [2.45, 2.75) is 19.9 Å². The van der Waals surface area contributed by atoms with Crippen LogP contribution in [-0.2, 0) is 0 Å². The van der Waals surface area contributed by atoms with E-state index in [1.807, 2.05) is 50.2 Å². The number of carbonyl (C=O) groups is 1. The summed E-state index contributed by atoms with van der Waals surface area (Å²) in [6.07, 6.45) is 4.62. The Morgan fingerprint density at radius 1 is 1.04 bits per heavy atom. The van der Waals surface area contributed by atoms with Crippen molar-refractivity contribution in [2.24, 2.45) is 0 Å². The molecule has 13 heteroatoms. The fourth-order valence-corrected chi connectivity index (χ4v) is 5.05. The second-order valence-electron chi connectivity index (χ2n) is 10.3. The van der Waals surface area contributed by atoms with Crippen molar-refractivity contribution in [3.8, 4) is 28.4 Å². The van der Waals surface area contributed by atoms with E-state index >= 15 is 0 Å². The van der Waals surface area contributed by atoms with Gasteiger partial charge in [-0.1, -0.05) is 18.2 Å². The van der Waals surface area contributed by atoms with E-state index in [-0.39, 0.29) is 28.7 Å². The predicted octanol–water partition coefficient (Wildman–Crippen LogP) is 4.37. The number of rotatable bonds is 8. The van der Waals surface area contributed by atoms with E-state index in [1.165, 1.54) is 43.9 Å². The second-order valence-corrected chi connectivity index (χ2v) is 10.3. The van der Waals surface area contributed by atoms with E-state index in [4.69, 9.17) is 15.6 Å². The average Bonchev–Trinajstić information content (AvgIpc) is 3.42. The van der Waals surface area contributed by atoms with Crippen molar-refractivity contribution in [3.05, 3.63) is 113 Å². The van der Waals surface area contributed by atoms with E-state index in [2.05, 4.69) is 25.6 Å². The van der Waals surface area contributed by atoms with Crippen LogP contribution in [0, 0.1) is 6.92 Å². The van der Waals surface area contributed by atoms with Gasteiger partial charge in [-0.3, -0.25) is 14.2 Å². The number of phenolic OH excluding ortho intramolecular Hbond substituents is 1. The summed E-state index contributed by atoms with van der Waals surface area (Å²) in [6, 6.07) is 18.1. The number of phenols is 1. The largest absolute Gasteiger partial charge is 0.508 e. The lowest BCUT2D eigenvalue weighted by Crippen LogP contribution is -2.29. The molecule has 0 saturated carbocycles. The molecule has 1 unspecified atom stereocenters. The molecule has 6 aromatic rings. The first-order chi connectivity index (χ1) is 21.7. The van der Waals surface area contributed by atoms with Gasteiger partial charge >= 0.3 is 0 Å². The van der Waals surface area contributed by atoms with E-state index in [0.717, 1.165) is 5.56 Å². The second kappa shape index (κ2) is 11.8. The summed E-state index contributed by atoms with van der Waals surface area (Å²) >= 11 is 0. The Balaban J connectivity index is 1.40. The number of nitrogens with zero attached hydrogens (tertiary/aromatic N) is 6. The number of methoxy groups -OCH3 is 1. The molecule has 0 radical (unpaired) electrons. The van der Waals surface area contributed by atoms with E-state index in [1.54, 1.807) is 21.3 Å². The number of pyridine rings is 1. The number of aryl methyl sites for hydroxylation is 1. The number of anilines is 3. The van der Waals surface area contributed by atoms with Crippen LogP contribution in [0.3, 0.4) is 0 Å². The van der Waals surface area contributed by atoms with Crippen LogP contribution < -0.4 is 26.7 Å². The Morgan fingerprint density at radius 2 is 1.80 bits per heavy atom. The molecule has 0 spiro atoms. The monoisotopic (exact) mass is 603 g/mol. The lowest BCUT2D eigenvalue weighted by molar-refractivity contribution is 0.102. The van der Waals surface area contributed by atoms with E-state index in [0.29, 0.717) is 39.5 Å². The van der Waals surface area contributed by atoms with Gasteiger partial charge in [-0.05, 0) is 67.9 Å². The van der Waals surface area contributed by atoms with Crippen molar-refractivity contribution in [3.63, 3.8) is 0 Å². The molecule has 2 aromatic carbocycles. The number of nitrogen functional groups attached to an aromatic ring is 1. The zero-order valence-electron chi connectivity index (χ0n) is 24.6. The van der Waals surface area contributed by atoms with Gasteiger partial charge in [0.1, 0.15) is 34.9 Å². The number of hydrogen-bond donors (Lipinski definition) is 4. The third-order valence-electron chi connectivity index (χ3n) is 7.26. The SMILES string of the molecule is COc1ncc(-c2c(N)ncnc2NC(C)c2nn3ccc(C)c3c(=O)n2-c2ccccc2)cc1NC(=O)c1ccc(O)cc1. The molecule has 0 saturated heterocycles. The average molecular weight is 604 g/mol. The highest BCUT2D eigenvalue weighted by Gasteiger charge is 2.23. The number of aromatic nitrogens is 6. The number of fused-ring (bicyclic) bond motifs is 1. The van der Waals surface area contributed by atoms with Crippen molar-refractivity contribution < 1.29 is 14.6 Å². The molecule has 0 aliphatic rings. The van der Waals surface area contributed by atoms with Crippen LogP contribution in [0.4, 0.5) is 17.3 Å². The lowest BCUT2D eigenvalue weighted by Gasteiger charge is -2.21. The lowest BCUT2D eigenvalue weighted by atomic mass is 10.1. The summed E-state index contributed by atoms with van der Waals surface area (Å²) in [7, 11) is 1.44. The standard InChI is InChI=1S/C32H29N9O4/c1-18-13-14-40-26(18)32(44)41(22-7-5-4-6-8-22)29(39-40)19(2)37-28-25(27(33)35-17-36-28)21-15-24(31(45-3)34-16-21)38-30(43)20-9-11-23(42)12-10-20/h4-17,19,42H,1-3H3,(H,38,43)(H3,33,35,36,37). The van der Waals surface area contributed by atoms with E-state index < -0.39 is 11.9 Å². The highest BCUT2D eigenvalue weighted by atomic mass is 16.5. The topological polar surface area (TPSA) is 175 Å². The Hall–Kier alpha value is -6.24. The van der Waals surface area contributed by atoms with Gasteiger partial charge in [0.2, 0.25) is 5.88 Å². The molecule has 0 fully saturated rings. The van der Waals surface area contributed by atoms with Crippen LogP contribution in [0.5, 0.6) is 11.6 Å². The third-order valence-corrected chi connectivity index (χ3v) is 7.26. The minimum Gasteiger partial charge on any atom is -0.508 e. The molecular weight excluding hydrogens is 574 g/mol. The van der Waals surface area contributed by atoms with Crippen LogP contribution in [0.25, 0.3) is 22.3 Å². The zero-order chi connectivity index (χ0) is 31.7. The maximum atomic E-state index is 13.8. The van der Waals surface area contributed by atoms with Crippen LogP contribution in [0.15, 0.2) is 90.2 Å². The van der Waals surface area contributed by atoms with Crippen LogP contribution in [0.1, 0.15) is 34.7 Å². The van der Waals surface area contributed by atoms with Gasteiger partial charge in [-0.2, -0.15) is 5.10 Å².